The Hall–Kier alpha value is -0.570. The minimum Gasteiger partial charge on any atom is -0.467 e. The zero-order valence-electron chi connectivity index (χ0n) is 6.29. The van der Waals surface area contributed by atoms with Crippen LogP contribution in [0.4, 0.5) is 0 Å². The predicted molar refractivity (Wildman–Crippen MR) is 35.5 cm³/mol. The minimum absolute atomic E-state index is 0.245. The fourth-order valence-electron chi connectivity index (χ4n) is 1.11. The quantitative estimate of drug-likeness (QED) is 0.505. The molecule has 3 heteroatoms. The third-order valence-corrected chi connectivity index (χ3v) is 1.82. The van der Waals surface area contributed by atoms with E-state index < -0.39 is 0 Å². The Bertz CT molecular complexity index is 133. The van der Waals surface area contributed by atoms with Gasteiger partial charge in [0.15, 0.2) is 6.10 Å². The predicted octanol–water partition coefficient (Wildman–Crippen LogP) is 0.584. The molecule has 10 heavy (non-hydrogen) atoms. The summed E-state index contributed by atoms with van der Waals surface area (Å²) in [6.45, 7) is 2.68. The van der Waals surface area contributed by atoms with Crippen LogP contribution >= 0.6 is 0 Å². The number of rotatable bonds is 1. The van der Waals surface area contributed by atoms with Gasteiger partial charge < -0.3 is 9.47 Å². The monoisotopic (exact) mass is 144 g/mol. The topological polar surface area (TPSA) is 35.5 Å². The Morgan fingerprint density at radius 1 is 1.70 bits per heavy atom. The Morgan fingerprint density at radius 2 is 2.40 bits per heavy atom. The summed E-state index contributed by atoms with van der Waals surface area (Å²) in [5.74, 6) is 0.0671. The highest BCUT2D eigenvalue weighted by molar-refractivity contribution is 5.75. The Balaban J connectivity index is 2.46. The molecule has 1 saturated heterocycles. The Kier molecular flexibility index (Phi) is 2.27. The third kappa shape index (κ3) is 1.29. The van der Waals surface area contributed by atoms with Crippen LogP contribution in [0.15, 0.2) is 0 Å². The lowest BCUT2D eigenvalue weighted by Crippen LogP contribution is -2.26. The molecule has 0 aromatic rings. The molecule has 1 aliphatic rings. The molecule has 1 rings (SSSR count). The van der Waals surface area contributed by atoms with Gasteiger partial charge in [0.2, 0.25) is 0 Å². The van der Waals surface area contributed by atoms with E-state index in [9.17, 15) is 4.79 Å². The highest BCUT2D eigenvalue weighted by Gasteiger charge is 2.31. The fraction of sp³-hybridized carbons (Fsp3) is 0.857. The van der Waals surface area contributed by atoms with Crippen LogP contribution in [0.25, 0.3) is 0 Å². The van der Waals surface area contributed by atoms with Crippen LogP contribution in [0, 0.1) is 5.92 Å². The molecule has 3 nitrogen and oxygen atoms in total. The van der Waals surface area contributed by atoms with E-state index in [4.69, 9.17) is 4.74 Å². The smallest absolute Gasteiger partial charge is 0.335 e. The molecule has 0 N–H and O–H groups in total. The number of hydrogen-bond donors (Lipinski definition) is 0. The van der Waals surface area contributed by atoms with Gasteiger partial charge in [0.05, 0.1) is 7.11 Å². The van der Waals surface area contributed by atoms with E-state index in [1.165, 1.54) is 7.11 Å². The van der Waals surface area contributed by atoms with Crippen LogP contribution in [0.3, 0.4) is 0 Å². The SMILES string of the molecule is COC(=O)[C@@H]1OCC[C@H]1C. The lowest BCUT2D eigenvalue weighted by atomic mass is 10.1. The van der Waals surface area contributed by atoms with E-state index in [2.05, 4.69) is 4.74 Å². The van der Waals surface area contributed by atoms with Crippen molar-refractivity contribution in [3.8, 4) is 0 Å². The van der Waals surface area contributed by atoms with Crippen molar-refractivity contribution in [2.24, 2.45) is 5.92 Å². The highest BCUT2D eigenvalue weighted by atomic mass is 16.6. The number of esters is 1. The zero-order chi connectivity index (χ0) is 7.56. The Morgan fingerprint density at radius 3 is 2.80 bits per heavy atom. The molecular formula is C7H12O3. The number of hydrogen-bond acceptors (Lipinski definition) is 3. The molecule has 1 aliphatic heterocycles. The lowest BCUT2D eigenvalue weighted by Gasteiger charge is -2.10. The van der Waals surface area contributed by atoms with Crippen molar-refractivity contribution in [3.63, 3.8) is 0 Å². The maximum absolute atomic E-state index is 10.9. The normalized spacial score (nSPS) is 32.2. The summed E-state index contributed by atoms with van der Waals surface area (Å²) in [6.07, 6.45) is 0.643. The number of ether oxygens (including phenoxy) is 2. The van der Waals surface area contributed by atoms with Crippen LogP contribution in [-0.4, -0.2) is 25.8 Å². The highest BCUT2D eigenvalue weighted by Crippen LogP contribution is 2.20. The van der Waals surface area contributed by atoms with Crippen molar-refractivity contribution in [3.05, 3.63) is 0 Å². The van der Waals surface area contributed by atoms with Gasteiger partial charge in [0.25, 0.3) is 0 Å². The van der Waals surface area contributed by atoms with Crippen LogP contribution in [0.5, 0.6) is 0 Å². The maximum atomic E-state index is 10.9. The van der Waals surface area contributed by atoms with E-state index in [1.807, 2.05) is 6.92 Å². The molecule has 0 unspecified atom stereocenters. The molecule has 0 aromatic heterocycles. The molecule has 0 spiro atoms. The first kappa shape index (κ1) is 7.54. The second-order valence-electron chi connectivity index (χ2n) is 2.58. The average molecular weight is 144 g/mol. The number of carbonyl (C=O) groups is 1. The van der Waals surface area contributed by atoms with Crippen molar-refractivity contribution < 1.29 is 14.3 Å². The van der Waals surface area contributed by atoms with Gasteiger partial charge >= 0.3 is 5.97 Å². The summed E-state index contributed by atoms with van der Waals surface area (Å²) < 4.78 is 9.68. The number of methoxy groups -OCH3 is 1. The zero-order valence-corrected chi connectivity index (χ0v) is 6.29. The number of carbonyl (C=O) groups excluding carboxylic acids is 1. The van der Waals surface area contributed by atoms with Gasteiger partial charge in [-0.25, -0.2) is 4.79 Å². The first-order valence-electron chi connectivity index (χ1n) is 3.45. The van der Waals surface area contributed by atoms with Crippen molar-refractivity contribution in [2.45, 2.75) is 19.4 Å². The molecular weight excluding hydrogens is 132 g/mol. The summed E-state index contributed by atoms with van der Waals surface area (Å²) in [7, 11) is 1.39. The standard InChI is InChI=1S/C7H12O3/c1-5-3-4-10-6(5)7(8)9-2/h5-6H,3-4H2,1-2H3/t5-,6-/m1/s1. The van der Waals surface area contributed by atoms with E-state index in [0.717, 1.165) is 6.42 Å². The van der Waals surface area contributed by atoms with Crippen molar-refractivity contribution in [2.75, 3.05) is 13.7 Å². The first-order chi connectivity index (χ1) is 4.75. The van der Waals surface area contributed by atoms with Gasteiger partial charge in [-0.2, -0.15) is 0 Å². The molecule has 58 valence electrons. The van der Waals surface area contributed by atoms with Crippen LogP contribution in [0.1, 0.15) is 13.3 Å². The van der Waals surface area contributed by atoms with E-state index in [0.29, 0.717) is 12.5 Å². The summed E-state index contributed by atoms with van der Waals surface area (Å²) in [6, 6.07) is 0. The fourth-order valence-corrected chi connectivity index (χ4v) is 1.11. The average Bonchev–Trinajstić information content (AvgIpc) is 2.34. The molecule has 2 atom stereocenters. The van der Waals surface area contributed by atoms with E-state index in [-0.39, 0.29) is 12.1 Å². The van der Waals surface area contributed by atoms with Crippen molar-refractivity contribution in [1.29, 1.82) is 0 Å². The second kappa shape index (κ2) is 3.01. The summed E-state index contributed by atoms with van der Waals surface area (Å²) in [5.41, 5.74) is 0. The molecule has 1 heterocycles. The summed E-state index contributed by atoms with van der Waals surface area (Å²) in [5, 5.41) is 0. The van der Waals surface area contributed by atoms with Crippen molar-refractivity contribution >= 4 is 5.97 Å². The van der Waals surface area contributed by atoms with Crippen molar-refractivity contribution in [1.82, 2.24) is 0 Å². The van der Waals surface area contributed by atoms with E-state index in [1.54, 1.807) is 0 Å². The van der Waals surface area contributed by atoms with Gasteiger partial charge in [0.1, 0.15) is 0 Å². The molecule has 0 amide bonds. The molecule has 0 saturated carbocycles. The summed E-state index contributed by atoms with van der Waals surface area (Å²) >= 11 is 0. The van der Waals surface area contributed by atoms with Gasteiger partial charge in [0, 0.05) is 6.61 Å². The van der Waals surface area contributed by atoms with Crippen LogP contribution in [0.2, 0.25) is 0 Å². The first-order valence-corrected chi connectivity index (χ1v) is 3.45. The van der Waals surface area contributed by atoms with Gasteiger partial charge in [-0.3, -0.25) is 0 Å². The third-order valence-electron chi connectivity index (χ3n) is 1.82. The maximum Gasteiger partial charge on any atom is 0.335 e. The molecule has 0 radical (unpaired) electrons. The molecule has 0 bridgehead atoms. The summed E-state index contributed by atoms with van der Waals surface area (Å²) in [4.78, 5) is 10.9. The van der Waals surface area contributed by atoms with Crippen LogP contribution in [-0.2, 0) is 14.3 Å². The Labute approximate surface area is 60.3 Å². The van der Waals surface area contributed by atoms with Crippen LogP contribution < -0.4 is 0 Å². The van der Waals surface area contributed by atoms with Gasteiger partial charge in [-0.15, -0.1) is 0 Å². The lowest BCUT2D eigenvalue weighted by molar-refractivity contribution is -0.152. The van der Waals surface area contributed by atoms with Gasteiger partial charge in [-0.05, 0) is 12.3 Å². The van der Waals surface area contributed by atoms with E-state index >= 15 is 0 Å². The minimum atomic E-state index is -0.315. The second-order valence-corrected chi connectivity index (χ2v) is 2.58. The molecule has 1 fully saturated rings. The molecule has 0 aliphatic carbocycles. The van der Waals surface area contributed by atoms with Gasteiger partial charge in [-0.1, -0.05) is 6.92 Å². The largest absolute Gasteiger partial charge is 0.467 e. The molecule has 0 aromatic carbocycles.